The summed E-state index contributed by atoms with van der Waals surface area (Å²) in [6, 6.07) is 7.94. The molecule has 0 unspecified atom stereocenters. The fraction of sp³-hybridized carbons (Fsp3) is 0.571. The normalized spacial score (nSPS) is 20.0. The Bertz CT molecular complexity index is 594. The first kappa shape index (κ1) is 17.2. The first-order valence-electron chi connectivity index (χ1n) is 6.93. The summed E-state index contributed by atoms with van der Waals surface area (Å²) in [5.41, 5.74) is -2.65. The minimum Gasteiger partial charge on any atom is -0.380 e. The van der Waals surface area contributed by atoms with Gasteiger partial charge in [0.25, 0.3) is 0 Å². The van der Waals surface area contributed by atoms with Gasteiger partial charge in [0.05, 0.1) is 10.6 Å². The fourth-order valence-corrected chi connectivity index (χ4v) is 3.73. The largest absolute Gasteiger partial charge is 0.417 e. The van der Waals surface area contributed by atoms with E-state index >= 15 is 0 Å². The lowest BCUT2D eigenvalue weighted by Gasteiger charge is -2.39. The summed E-state index contributed by atoms with van der Waals surface area (Å²) in [4.78, 5) is 1.85. The van der Waals surface area contributed by atoms with Crippen LogP contribution in [0.5, 0.6) is 0 Å². The minimum absolute atomic E-state index is 0.0281. The van der Waals surface area contributed by atoms with Crippen LogP contribution in [-0.4, -0.2) is 55.6 Å². The third-order valence-electron chi connectivity index (χ3n) is 3.99. The molecule has 1 heterocycles. The molecule has 1 fully saturated rings. The average molecular weight is 337 g/mol. The zero-order chi connectivity index (χ0) is 16.4. The maximum absolute atomic E-state index is 12.7. The van der Waals surface area contributed by atoms with Gasteiger partial charge in [-0.15, -0.1) is 0 Å². The Kier molecular flexibility index (Phi) is 4.84. The van der Waals surface area contributed by atoms with Crippen LogP contribution in [0.25, 0.3) is 0 Å². The highest BCUT2D eigenvalue weighted by Crippen LogP contribution is 2.38. The van der Waals surface area contributed by atoms with Crippen molar-refractivity contribution in [1.82, 2.24) is 4.90 Å². The summed E-state index contributed by atoms with van der Waals surface area (Å²) < 4.78 is 62.3. The van der Waals surface area contributed by atoms with Crippen LogP contribution in [0.15, 0.2) is 35.2 Å². The molecule has 0 aromatic heterocycles. The predicted octanol–water partition coefficient (Wildman–Crippen LogP) is 1.85. The van der Waals surface area contributed by atoms with Crippen molar-refractivity contribution >= 4 is 9.84 Å². The lowest BCUT2D eigenvalue weighted by Crippen LogP contribution is -2.53. The number of rotatable bonds is 4. The Morgan fingerprint density at radius 3 is 2.18 bits per heavy atom. The van der Waals surface area contributed by atoms with Crippen molar-refractivity contribution in [3.8, 4) is 0 Å². The second-order valence-electron chi connectivity index (χ2n) is 5.50. The molecule has 1 N–H and O–H groups in total. The zero-order valence-corrected chi connectivity index (χ0v) is 12.7. The van der Waals surface area contributed by atoms with Crippen LogP contribution < -0.4 is 0 Å². The Morgan fingerprint density at radius 2 is 1.68 bits per heavy atom. The van der Waals surface area contributed by atoms with Crippen molar-refractivity contribution in [3.63, 3.8) is 0 Å². The van der Waals surface area contributed by atoms with Gasteiger partial charge in [-0.25, -0.2) is 8.42 Å². The molecule has 1 aliphatic heterocycles. The number of aliphatic hydroxyl groups is 1. The Hall–Kier alpha value is -1.12. The average Bonchev–Trinajstić information content (AvgIpc) is 2.47. The number of likely N-dealkylation sites (tertiary alicyclic amines) is 1. The van der Waals surface area contributed by atoms with Crippen molar-refractivity contribution in [1.29, 1.82) is 0 Å². The number of piperidine rings is 1. The van der Waals surface area contributed by atoms with Crippen molar-refractivity contribution < 1.29 is 26.7 Å². The van der Waals surface area contributed by atoms with Crippen LogP contribution in [0.2, 0.25) is 0 Å². The lowest BCUT2D eigenvalue weighted by molar-refractivity contribution is -0.272. The number of halogens is 3. The van der Waals surface area contributed by atoms with Crippen molar-refractivity contribution in [2.24, 2.45) is 0 Å². The molecular formula is C14H18F3NO3S. The van der Waals surface area contributed by atoms with E-state index < -0.39 is 34.5 Å². The van der Waals surface area contributed by atoms with Gasteiger partial charge in [-0.2, -0.15) is 13.2 Å². The van der Waals surface area contributed by atoms with E-state index in [4.69, 9.17) is 0 Å². The van der Waals surface area contributed by atoms with Gasteiger partial charge in [-0.3, -0.25) is 0 Å². The highest BCUT2D eigenvalue weighted by molar-refractivity contribution is 7.91. The van der Waals surface area contributed by atoms with Crippen LogP contribution in [0.1, 0.15) is 12.8 Å². The second-order valence-corrected chi connectivity index (χ2v) is 7.61. The topological polar surface area (TPSA) is 57.6 Å². The predicted molar refractivity (Wildman–Crippen MR) is 75.2 cm³/mol. The number of benzene rings is 1. The van der Waals surface area contributed by atoms with Crippen LogP contribution in [0, 0.1) is 0 Å². The van der Waals surface area contributed by atoms with E-state index in [0.717, 1.165) is 0 Å². The maximum atomic E-state index is 12.7. The summed E-state index contributed by atoms with van der Waals surface area (Å²) in [5, 5.41) is 9.56. The van der Waals surface area contributed by atoms with Crippen molar-refractivity contribution in [2.75, 3.05) is 25.4 Å². The Balaban J connectivity index is 1.90. The molecule has 0 radical (unpaired) electrons. The molecule has 4 nitrogen and oxygen atoms in total. The molecule has 0 spiro atoms. The van der Waals surface area contributed by atoms with Crippen molar-refractivity contribution in [3.05, 3.63) is 30.3 Å². The number of alkyl halides is 3. The molecule has 0 bridgehead atoms. The molecule has 8 heteroatoms. The molecule has 0 amide bonds. The summed E-state index contributed by atoms with van der Waals surface area (Å²) in [7, 11) is -3.44. The minimum atomic E-state index is -4.64. The number of sulfone groups is 1. The highest BCUT2D eigenvalue weighted by Gasteiger charge is 2.54. The first-order chi connectivity index (χ1) is 10.1. The summed E-state index contributed by atoms with van der Waals surface area (Å²) in [6.07, 6.45) is -5.50. The van der Waals surface area contributed by atoms with Crippen LogP contribution in [0.4, 0.5) is 13.2 Å². The van der Waals surface area contributed by atoms with Gasteiger partial charge in [-0.05, 0) is 25.0 Å². The molecule has 22 heavy (non-hydrogen) atoms. The molecule has 1 aromatic rings. The van der Waals surface area contributed by atoms with Gasteiger partial charge >= 0.3 is 6.18 Å². The molecular weight excluding hydrogens is 319 g/mol. The highest BCUT2D eigenvalue weighted by atomic mass is 32.2. The standard InChI is InChI=1S/C14H18F3NO3S/c15-14(16,17)13(19)6-8-18(9-7-13)10-11-22(20,21)12-4-2-1-3-5-12/h1-5,19H,6-11H2. The molecule has 124 valence electrons. The van der Waals surface area contributed by atoms with E-state index in [9.17, 15) is 26.7 Å². The van der Waals surface area contributed by atoms with E-state index in [2.05, 4.69) is 0 Å². The summed E-state index contributed by atoms with van der Waals surface area (Å²) >= 11 is 0. The van der Waals surface area contributed by atoms with E-state index in [0.29, 0.717) is 0 Å². The zero-order valence-electron chi connectivity index (χ0n) is 11.9. The lowest BCUT2D eigenvalue weighted by atomic mass is 9.91. The van der Waals surface area contributed by atoms with E-state index in [1.165, 1.54) is 12.1 Å². The maximum Gasteiger partial charge on any atom is 0.417 e. The smallest absolute Gasteiger partial charge is 0.380 e. The van der Waals surface area contributed by atoms with Gasteiger partial charge in [0.15, 0.2) is 15.4 Å². The second kappa shape index (κ2) is 6.17. The van der Waals surface area contributed by atoms with Gasteiger partial charge in [0, 0.05) is 19.6 Å². The quantitative estimate of drug-likeness (QED) is 0.911. The van der Waals surface area contributed by atoms with E-state index in [1.807, 2.05) is 0 Å². The first-order valence-corrected chi connectivity index (χ1v) is 8.59. The number of hydrogen-bond donors (Lipinski definition) is 1. The molecule has 0 atom stereocenters. The number of nitrogens with zero attached hydrogens (tertiary/aromatic N) is 1. The van der Waals surface area contributed by atoms with Gasteiger partial charge in [-0.1, -0.05) is 18.2 Å². The van der Waals surface area contributed by atoms with Gasteiger partial charge in [0.2, 0.25) is 0 Å². The van der Waals surface area contributed by atoms with E-state index in [1.54, 1.807) is 23.1 Å². The van der Waals surface area contributed by atoms with Crippen molar-refractivity contribution in [2.45, 2.75) is 29.5 Å². The molecule has 0 aliphatic carbocycles. The monoisotopic (exact) mass is 337 g/mol. The third-order valence-corrected chi connectivity index (χ3v) is 5.70. The van der Waals surface area contributed by atoms with Gasteiger partial charge in [0.1, 0.15) is 0 Å². The Labute approximate surface area is 127 Å². The van der Waals surface area contributed by atoms with Crippen LogP contribution in [-0.2, 0) is 9.84 Å². The summed E-state index contributed by atoms with van der Waals surface area (Å²) in [5.74, 6) is -0.151. The Morgan fingerprint density at radius 1 is 1.14 bits per heavy atom. The molecule has 1 aromatic carbocycles. The molecule has 0 saturated carbocycles. The molecule has 1 aliphatic rings. The third kappa shape index (κ3) is 3.80. The number of hydrogen-bond acceptors (Lipinski definition) is 4. The van der Waals surface area contributed by atoms with E-state index in [-0.39, 0.29) is 30.3 Å². The molecule has 1 saturated heterocycles. The fourth-order valence-electron chi connectivity index (χ4n) is 2.42. The van der Waals surface area contributed by atoms with Crippen LogP contribution in [0.3, 0.4) is 0 Å². The van der Waals surface area contributed by atoms with Crippen LogP contribution >= 0.6 is 0 Å². The summed E-state index contributed by atoms with van der Waals surface area (Å²) in [6.45, 7) is 0.214. The van der Waals surface area contributed by atoms with Gasteiger partial charge < -0.3 is 10.0 Å². The molecule has 2 rings (SSSR count). The SMILES string of the molecule is O=S(=O)(CCN1CCC(O)(C(F)(F)F)CC1)c1ccccc1.